The normalized spacial score (nSPS) is 11.4. The van der Waals surface area contributed by atoms with Gasteiger partial charge in [-0.3, -0.25) is 4.55 Å². The van der Waals surface area contributed by atoms with E-state index in [-0.39, 0.29) is 56.3 Å². The van der Waals surface area contributed by atoms with E-state index in [0.717, 1.165) is 21.5 Å². The van der Waals surface area contributed by atoms with Gasteiger partial charge in [0.05, 0.1) is 4.90 Å². The molecule has 0 heterocycles. The zero-order chi connectivity index (χ0) is 12.8. The Kier molecular flexibility index (Phi) is 4.47. The van der Waals surface area contributed by atoms with E-state index >= 15 is 0 Å². The fourth-order valence-electron chi connectivity index (χ4n) is 2.14. The molecule has 0 unspecified atom stereocenters. The van der Waals surface area contributed by atoms with Gasteiger partial charge in [-0.1, -0.05) is 42.5 Å². The molecule has 0 amide bonds. The summed E-state index contributed by atoms with van der Waals surface area (Å²) < 4.78 is 31.4. The summed E-state index contributed by atoms with van der Waals surface area (Å²) in [4.78, 5) is -0.0775. The standard InChI is InChI=1S/C14H10O3S.K/c15-18(16,17)12-8-7-11-6-5-10-3-1-2-4-13(10)14(11)9-12;/h1-9H,(H,15,16,17);/q;+1. The second-order valence-corrected chi connectivity index (χ2v) is 5.57. The molecule has 90 valence electrons. The van der Waals surface area contributed by atoms with Crippen LogP contribution in [0.4, 0.5) is 0 Å². The van der Waals surface area contributed by atoms with Crippen molar-refractivity contribution in [2.75, 3.05) is 0 Å². The molecule has 0 fully saturated rings. The zero-order valence-corrected chi connectivity index (χ0v) is 14.3. The van der Waals surface area contributed by atoms with Gasteiger partial charge < -0.3 is 0 Å². The van der Waals surface area contributed by atoms with Crippen LogP contribution >= 0.6 is 0 Å². The molecule has 0 bridgehead atoms. The minimum Gasteiger partial charge on any atom is -0.282 e. The van der Waals surface area contributed by atoms with E-state index in [9.17, 15) is 8.42 Å². The van der Waals surface area contributed by atoms with Gasteiger partial charge in [0.1, 0.15) is 0 Å². The van der Waals surface area contributed by atoms with Crippen LogP contribution in [0.3, 0.4) is 0 Å². The van der Waals surface area contributed by atoms with Crippen LogP contribution in [0.15, 0.2) is 59.5 Å². The molecule has 3 aromatic rings. The summed E-state index contributed by atoms with van der Waals surface area (Å²) >= 11 is 0. The Morgan fingerprint density at radius 2 is 1.37 bits per heavy atom. The third kappa shape index (κ3) is 2.92. The molecule has 0 atom stereocenters. The van der Waals surface area contributed by atoms with Crippen molar-refractivity contribution in [3.05, 3.63) is 54.6 Å². The van der Waals surface area contributed by atoms with Crippen molar-refractivity contribution in [1.29, 1.82) is 0 Å². The van der Waals surface area contributed by atoms with Crippen molar-refractivity contribution in [2.45, 2.75) is 4.90 Å². The molecule has 0 spiro atoms. The Morgan fingerprint density at radius 1 is 0.789 bits per heavy atom. The predicted octanol–water partition coefficient (Wildman–Crippen LogP) is 0.244. The summed E-state index contributed by atoms with van der Waals surface area (Å²) in [7, 11) is -4.16. The molecule has 3 rings (SSSR count). The quantitative estimate of drug-likeness (QED) is 0.398. The fraction of sp³-hybridized carbons (Fsp3) is 0. The van der Waals surface area contributed by atoms with Crippen LogP contribution in [0.5, 0.6) is 0 Å². The van der Waals surface area contributed by atoms with Crippen LogP contribution in [0, 0.1) is 0 Å². The van der Waals surface area contributed by atoms with E-state index in [1.54, 1.807) is 6.07 Å². The van der Waals surface area contributed by atoms with Crippen LogP contribution in [-0.4, -0.2) is 13.0 Å². The summed E-state index contributed by atoms with van der Waals surface area (Å²) in [6.45, 7) is 0. The number of fused-ring (bicyclic) bond motifs is 3. The van der Waals surface area contributed by atoms with Gasteiger partial charge in [0.2, 0.25) is 0 Å². The van der Waals surface area contributed by atoms with E-state index in [0.29, 0.717) is 0 Å². The van der Waals surface area contributed by atoms with E-state index in [4.69, 9.17) is 4.55 Å². The molecule has 0 saturated heterocycles. The van der Waals surface area contributed by atoms with Crippen molar-refractivity contribution in [2.24, 2.45) is 0 Å². The van der Waals surface area contributed by atoms with Crippen LogP contribution in [-0.2, 0) is 10.1 Å². The smallest absolute Gasteiger partial charge is 0.282 e. The zero-order valence-electron chi connectivity index (χ0n) is 10.4. The Balaban J connectivity index is 0.00000133. The van der Waals surface area contributed by atoms with Crippen molar-refractivity contribution in [1.82, 2.24) is 0 Å². The van der Waals surface area contributed by atoms with Crippen molar-refractivity contribution >= 4 is 31.7 Å². The largest absolute Gasteiger partial charge is 1.00 e. The molecule has 3 nitrogen and oxygen atoms in total. The van der Waals surface area contributed by atoms with Crippen LogP contribution in [0.25, 0.3) is 21.5 Å². The van der Waals surface area contributed by atoms with Gasteiger partial charge in [0, 0.05) is 0 Å². The Hall–Kier alpha value is -0.274. The number of rotatable bonds is 1. The van der Waals surface area contributed by atoms with Crippen LogP contribution in [0.2, 0.25) is 0 Å². The first kappa shape index (κ1) is 15.1. The minimum atomic E-state index is -4.16. The summed E-state index contributed by atoms with van der Waals surface area (Å²) in [5.74, 6) is 0. The predicted molar refractivity (Wildman–Crippen MR) is 71.3 cm³/mol. The van der Waals surface area contributed by atoms with Gasteiger partial charge in [-0.05, 0) is 33.7 Å². The van der Waals surface area contributed by atoms with E-state index < -0.39 is 10.1 Å². The maximum absolute atomic E-state index is 11.2. The summed E-state index contributed by atoms with van der Waals surface area (Å²) in [5.41, 5.74) is 0. The number of hydrogen-bond acceptors (Lipinski definition) is 2. The van der Waals surface area contributed by atoms with E-state index in [2.05, 4.69) is 0 Å². The van der Waals surface area contributed by atoms with Crippen LogP contribution < -0.4 is 51.4 Å². The summed E-state index contributed by atoms with van der Waals surface area (Å²) in [6.07, 6.45) is 0. The van der Waals surface area contributed by atoms with Crippen molar-refractivity contribution < 1.29 is 64.4 Å². The average molecular weight is 297 g/mol. The molecular formula is C14H10KO3S+. The van der Waals surface area contributed by atoms with Crippen molar-refractivity contribution in [3.63, 3.8) is 0 Å². The number of benzene rings is 3. The molecule has 0 aliphatic rings. The average Bonchev–Trinajstić information content (AvgIpc) is 2.37. The number of hydrogen-bond donors (Lipinski definition) is 1. The Bertz CT molecular complexity index is 857. The first-order chi connectivity index (χ1) is 8.55. The van der Waals surface area contributed by atoms with Gasteiger partial charge in [0.15, 0.2) is 0 Å². The molecule has 0 aliphatic carbocycles. The molecule has 0 saturated carbocycles. The van der Waals surface area contributed by atoms with Gasteiger partial charge in [0.25, 0.3) is 10.1 Å². The van der Waals surface area contributed by atoms with Gasteiger partial charge in [-0.2, -0.15) is 8.42 Å². The molecule has 0 aliphatic heterocycles. The van der Waals surface area contributed by atoms with Crippen molar-refractivity contribution in [3.8, 4) is 0 Å². The Morgan fingerprint density at radius 3 is 2.05 bits per heavy atom. The molecular weight excluding hydrogens is 287 g/mol. The van der Waals surface area contributed by atoms with E-state index in [1.807, 2.05) is 36.4 Å². The Labute approximate surface area is 153 Å². The molecule has 5 heteroatoms. The monoisotopic (exact) mass is 297 g/mol. The molecule has 0 radical (unpaired) electrons. The topological polar surface area (TPSA) is 54.4 Å². The second-order valence-electron chi connectivity index (χ2n) is 4.14. The first-order valence-corrected chi connectivity index (χ1v) is 6.89. The molecule has 0 aromatic heterocycles. The van der Waals surface area contributed by atoms with Gasteiger partial charge >= 0.3 is 51.4 Å². The molecule has 1 N–H and O–H groups in total. The van der Waals surface area contributed by atoms with Crippen LogP contribution in [0.1, 0.15) is 0 Å². The summed E-state index contributed by atoms with van der Waals surface area (Å²) in [6, 6.07) is 16.3. The van der Waals surface area contributed by atoms with Gasteiger partial charge in [-0.15, -0.1) is 0 Å². The van der Waals surface area contributed by atoms with E-state index in [1.165, 1.54) is 12.1 Å². The summed E-state index contributed by atoms with van der Waals surface area (Å²) in [5, 5.41) is 3.78. The maximum Gasteiger partial charge on any atom is 1.00 e. The molecule has 19 heavy (non-hydrogen) atoms. The van der Waals surface area contributed by atoms with Gasteiger partial charge in [-0.25, -0.2) is 0 Å². The molecule has 3 aromatic carbocycles. The minimum absolute atomic E-state index is 0. The third-order valence-corrected chi connectivity index (χ3v) is 3.87. The SMILES string of the molecule is O=S(=O)(O)c1ccc2ccc3ccccc3c2c1.[K+]. The first-order valence-electron chi connectivity index (χ1n) is 5.45. The maximum atomic E-state index is 11.2. The fourth-order valence-corrected chi connectivity index (χ4v) is 2.65. The third-order valence-electron chi connectivity index (χ3n) is 3.02. The second kappa shape index (κ2) is 5.61.